The van der Waals surface area contributed by atoms with Gasteiger partial charge < -0.3 is 14.5 Å². The lowest BCUT2D eigenvalue weighted by atomic mass is 10.2. The molecule has 1 aromatic heterocycles. The number of nitrogens with one attached hydrogen (secondary N) is 2. The smallest absolute Gasteiger partial charge is 0.287 e. The predicted octanol–water partition coefficient (Wildman–Crippen LogP) is 3.34. The second-order valence-electron chi connectivity index (χ2n) is 5.34. The highest BCUT2D eigenvalue weighted by atomic mass is 16.5. The Balaban J connectivity index is 1.65. The molecule has 6 heteroatoms. The first-order valence-electron chi connectivity index (χ1n) is 7.92. The van der Waals surface area contributed by atoms with Gasteiger partial charge in [-0.25, -0.2) is 5.43 Å². The maximum absolute atomic E-state index is 12.2. The zero-order valence-corrected chi connectivity index (χ0v) is 14.1. The number of rotatable bonds is 6. The lowest BCUT2D eigenvalue weighted by molar-refractivity contribution is 0.0951. The number of hydrazone groups is 1. The summed E-state index contributed by atoms with van der Waals surface area (Å²) in [6, 6.07) is 14.8. The fraction of sp³-hybridized carbons (Fsp3) is 0.158. The zero-order chi connectivity index (χ0) is 17.6. The van der Waals surface area contributed by atoms with Gasteiger partial charge in [-0.1, -0.05) is 0 Å². The number of carbonyl (C=O) groups excluding carboxylic acids is 1. The van der Waals surface area contributed by atoms with Crippen molar-refractivity contribution in [2.24, 2.45) is 5.10 Å². The van der Waals surface area contributed by atoms with Crippen molar-refractivity contribution in [1.29, 1.82) is 0 Å². The van der Waals surface area contributed by atoms with E-state index in [1.807, 2.05) is 49.4 Å². The van der Waals surface area contributed by atoms with Crippen molar-refractivity contribution in [1.82, 2.24) is 10.4 Å². The Bertz CT molecular complexity index is 898. The van der Waals surface area contributed by atoms with Gasteiger partial charge in [-0.05, 0) is 61.0 Å². The highest BCUT2D eigenvalue weighted by Gasteiger charge is 2.09. The molecule has 0 radical (unpaired) electrons. The summed E-state index contributed by atoms with van der Waals surface area (Å²) in [5.74, 6) is 1.24. The number of carbonyl (C=O) groups is 1. The van der Waals surface area contributed by atoms with Crippen LogP contribution in [0.25, 0.3) is 10.9 Å². The van der Waals surface area contributed by atoms with Crippen molar-refractivity contribution in [2.45, 2.75) is 6.92 Å². The number of H-pyrrole nitrogens is 1. The molecule has 25 heavy (non-hydrogen) atoms. The van der Waals surface area contributed by atoms with Crippen LogP contribution in [0.1, 0.15) is 23.0 Å². The summed E-state index contributed by atoms with van der Waals surface area (Å²) < 4.78 is 10.6. The molecule has 2 aromatic carbocycles. The molecule has 3 rings (SSSR count). The normalized spacial score (nSPS) is 11.0. The van der Waals surface area contributed by atoms with Gasteiger partial charge in [0, 0.05) is 10.9 Å². The van der Waals surface area contributed by atoms with Crippen LogP contribution in [0, 0.1) is 0 Å². The summed E-state index contributed by atoms with van der Waals surface area (Å²) in [6.07, 6.45) is 1.58. The Morgan fingerprint density at radius 1 is 1.16 bits per heavy atom. The molecule has 0 aliphatic heterocycles. The van der Waals surface area contributed by atoms with Crippen molar-refractivity contribution in [3.8, 4) is 11.5 Å². The highest BCUT2D eigenvalue weighted by Crippen LogP contribution is 2.21. The van der Waals surface area contributed by atoms with E-state index >= 15 is 0 Å². The summed E-state index contributed by atoms with van der Waals surface area (Å²) in [6.45, 7) is 2.56. The van der Waals surface area contributed by atoms with Gasteiger partial charge >= 0.3 is 0 Å². The number of ether oxygens (including phenoxy) is 2. The molecule has 1 amide bonds. The molecule has 6 nitrogen and oxygen atoms in total. The van der Waals surface area contributed by atoms with E-state index in [-0.39, 0.29) is 5.91 Å². The summed E-state index contributed by atoms with van der Waals surface area (Å²) >= 11 is 0. The van der Waals surface area contributed by atoms with Gasteiger partial charge in [0.2, 0.25) is 0 Å². The van der Waals surface area contributed by atoms with Crippen LogP contribution in [0.2, 0.25) is 0 Å². The number of nitrogens with zero attached hydrogens (tertiary/aromatic N) is 1. The number of hydrogen-bond donors (Lipinski definition) is 2. The van der Waals surface area contributed by atoms with Gasteiger partial charge in [0.05, 0.1) is 19.9 Å². The third-order valence-corrected chi connectivity index (χ3v) is 3.64. The standard InChI is InChI=1S/C19H19N3O3/c1-3-25-15-6-4-13(5-7-15)12-20-22-19(23)18-11-14-10-16(24-2)8-9-17(14)21-18/h4-12,21H,3H2,1-2H3,(H,22,23)/b20-12-. The lowest BCUT2D eigenvalue weighted by Crippen LogP contribution is -2.17. The Hall–Kier alpha value is -3.28. The second kappa shape index (κ2) is 7.53. The van der Waals surface area contributed by atoms with E-state index in [2.05, 4.69) is 15.5 Å². The van der Waals surface area contributed by atoms with E-state index in [1.165, 1.54) is 0 Å². The topological polar surface area (TPSA) is 75.7 Å². The van der Waals surface area contributed by atoms with Crippen LogP contribution >= 0.6 is 0 Å². The number of amides is 1. The van der Waals surface area contributed by atoms with Crippen molar-refractivity contribution in [3.05, 3.63) is 59.8 Å². The predicted molar refractivity (Wildman–Crippen MR) is 97.5 cm³/mol. The number of methoxy groups -OCH3 is 1. The van der Waals surface area contributed by atoms with Gasteiger partial charge in [0.15, 0.2) is 0 Å². The molecule has 3 aromatic rings. The first-order valence-corrected chi connectivity index (χ1v) is 7.92. The number of benzene rings is 2. The SMILES string of the molecule is CCOc1ccc(/C=N\NC(=O)c2cc3cc(OC)ccc3[nH]2)cc1. The van der Waals surface area contributed by atoms with E-state index in [4.69, 9.17) is 9.47 Å². The second-order valence-corrected chi connectivity index (χ2v) is 5.34. The fourth-order valence-corrected chi connectivity index (χ4v) is 2.40. The van der Waals surface area contributed by atoms with Crippen molar-refractivity contribution >= 4 is 23.0 Å². The first kappa shape index (κ1) is 16.6. The Morgan fingerprint density at radius 2 is 1.92 bits per heavy atom. The van der Waals surface area contributed by atoms with E-state index in [0.717, 1.165) is 28.0 Å². The van der Waals surface area contributed by atoms with Crippen LogP contribution in [0.3, 0.4) is 0 Å². The van der Waals surface area contributed by atoms with Crippen molar-refractivity contribution < 1.29 is 14.3 Å². The van der Waals surface area contributed by atoms with Crippen LogP contribution < -0.4 is 14.9 Å². The van der Waals surface area contributed by atoms with Gasteiger partial charge in [0.25, 0.3) is 5.91 Å². The number of fused-ring (bicyclic) bond motifs is 1. The summed E-state index contributed by atoms with van der Waals surface area (Å²) in [5, 5.41) is 4.89. The highest BCUT2D eigenvalue weighted by molar-refractivity contribution is 5.98. The molecule has 0 saturated heterocycles. The van der Waals surface area contributed by atoms with E-state index < -0.39 is 0 Å². The average Bonchev–Trinajstić information content (AvgIpc) is 3.06. The molecular formula is C19H19N3O3. The van der Waals surface area contributed by atoms with E-state index in [1.54, 1.807) is 19.4 Å². The molecule has 2 N–H and O–H groups in total. The number of aromatic nitrogens is 1. The van der Waals surface area contributed by atoms with E-state index in [9.17, 15) is 4.79 Å². The molecule has 128 valence electrons. The molecule has 0 spiro atoms. The molecule has 0 fully saturated rings. The summed E-state index contributed by atoms with van der Waals surface area (Å²) in [7, 11) is 1.61. The molecule has 0 aliphatic rings. The molecular weight excluding hydrogens is 318 g/mol. The Morgan fingerprint density at radius 3 is 2.64 bits per heavy atom. The summed E-state index contributed by atoms with van der Waals surface area (Å²) in [5.41, 5.74) is 4.68. The van der Waals surface area contributed by atoms with Crippen LogP contribution in [0.4, 0.5) is 0 Å². The number of hydrogen-bond acceptors (Lipinski definition) is 4. The molecule has 0 aliphatic carbocycles. The molecule has 0 bridgehead atoms. The minimum atomic E-state index is -0.308. The molecule has 0 unspecified atom stereocenters. The van der Waals surface area contributed by atoms with E-state index in [0.29, 0.717) is 12.3 Å². The third kappa shape index (κ3) is 3.98. The van der Waals surface area contributed by atoms with Gasteiger partial charge in [-0.2, -0.15) is 5.10 Å². The molecule has 0 atom stereocenters. The van der Waals surface area contributed by atoms with Crippen molar-refractivity contribution in [3.63, 3.8) is 0 Å². The Kier molecular flexibility index (Phi) is 4.99. The Labute approximate surface area is 145 Å². The monoisotopic (exact) mass is 337 g/mol. The maximum atomic E-state index is 12.2. The van der Waals surface area contributed by atoms with Crippen molar-refractivity contribution in [2.75, 3.05) is 13.7 Å². The molecule has 0 saturated carbocycles. The minimum Gasteiger partial charge on any atom is -0.497 e. The fourth-order valence-electron chi connectivity index (χ4n) is 2.40. The van der Waals surface area contributed by atoms with Crippen LogP contribution in [0.15, 0.2) is 53.6 Å². The van der Waals surface area contributed by atoms with Crippen LogP contribution in [-0.4, -0.2) is 30.8 Å². The van der Waals surface area contributed by atoms with Gasteiger partial charge in [-0.15, -0.1) is 0 Å². The zero-order valence-electron chi connectivity index (χ0n) is 14.1. The average molecular weight is 337 g/mol. The molecule has 1 heterocycles. The van der Waals surface area contributed by atoms with Crippen LogP contribution in [0.5, 0.6) is 11.5 Å². The summed E-state index contributed by atoms with van der Waals surface area (Å²) in [4.78, 5) is 15.2. The van der Waals surface area contributed by atoms with Gasteiger partial charge in [-0.3, -0.25) is 4.79 Å². The first-order chi connectivity index (χ1) is 12.2. The maximum Gasteiger partial charge on any atom is 0.287 e. The van der Waals surface area contributed by atoms with Crippen LogP contribution in [-0.2, 0) is 0 Å². The minimum absolute atomic E-state index is 0.308. The van der Waals surface area contributed by atoms with Gasteiger partial charge in [0.1, 0.15) is 17.2 Å². The third-order valence-electron chi connectivity index (χ3n) is 3.64. The largest absolute Gasteiger partial charge is 0.497 e. The lowest BCUT2D eigenvalue weighted by Gasteiger charge is -2.02. The number of aromatic amines is 1. The quantitative estimate of drug-likeness (QED) is 0.535.